The number of terminal acetylenes is 1. The van der Waals surface area contributed by atoms with Gasteiger partial charge in [0, 0.05) is 31.0 Å². The largest absolute Gasteiger partial charge is 0.481 e. The Morgan fingerprint density at radius 3 is 2.63 bits per heavy atom. The van der Waals surface area contributed by atoms with Crippen LogP contribution in [0.15, 0.2) is 24.3 Å². The molecular formula is C15H15NO3. The molecule has 1 atom stereocenters. The minimum absolute atomic E-state index is 0.0146. The summed E-state index contributed by atoms with van der Waals surface area (Å²) in [6, 6.07) is 7.39. The van der Waals surface area contributed by atoms with E-state index in [4.69, 9.17) is 11.5 Å². The number of carbonyl (C=O) groups excluding carboxylic acids is 1. The van der Waals surface area contributed by atoms with E-state index >= 15 is 0 Å². The standard InChI is InChI=1S/C15H15NO3/c1-2-11-9-14(17)16(10-11)13-6-3-12(4-7-13)5-8-15(18)19/h1,3-4,6-7,11H,5,8-10H2,(H,18,19). The van der Waals surface area contributed by atoms with E-state index in [1.807, 2.05) is 24.3 Å². The molecule has 0 aromatic heterocycles. The Hall–Kier alpha value is -2.28. The molecule has 2 rings (SSSR count). The first-order valence-corrected chi connectivity index (χ1v) is 6.17. The van der Waals surface area contributed by atoms with Crippen molar-refractivity contribution in [1.29, 1.82) is 0 Å². The van der Waals surface area contributed by atoms with Crippen molar-refractivity contribution in [2.75, 3.05) is 11.4 Å². The van der Waals surface area contributed by atoms with E-state index in [0.717, 1.165) is 11.3 Å². The first kappa shape index (κ1) is 13.2. The van der Waals surface area contributed by atoms with Crippen molar-refractivity contribution in [3.63, 3.8) is 0 Å². The summed E-state index contributed by atoms with van der Waals surface area (Å²) in [5.74, 6) is 1.83. The first-order chi connectivity index (χ1) is 9.10. The predicted molar refractivity (Wildman–Crippen MR) is 71.7 cm³/mol. The average Bonchev–Trinajstić information content (AvgIpc) is 2.78. The van der Waals surface area contributed by atoms with Gasteiger partial charge in [0.15, 0.2) is 0 Å². The Kier molecular flexibility index (Phi) is 3.86. The smallest absolute Gasteiger partial charge is 0.303 e. The number of carboxylic acids is 1. The molecule has 0 spiro atoms. The van der Waals surface area contributed by atoms with Crippen molar-refractivity contribution < 1.29 is 14.7 Å². The normalized spacial score (nSPS) is 18.4. The number of hydrogen-bond donors (Lipinski definition) is 1. The summed E-state index contributed by atoms with van der Waals surface area (Å²) in [7, 11) is 0. The van der Waals surface area contributed by atoms with Gasteiger partial charge in [-0.1, -0.05) is 12.1 Å². The van der Waals surface area contributed by atoms with E-state index in [0.29, 0.717) is 19.4 Å². The van der Waals surface area contributed by atoms with Crippen molar-refractivity contribution in [3.8, 4) is 12.3 Å². The van der Waals surface area contributed by atoms with Gasteiger partial charge in [0.1, 0.15) is 0 Å². The molecule has 0 radical (unpaired) electrons. The molecule has 4 heteroatoms. The van der Waals surface area contributed by atoms with Gasteiger partial charge < -0.3 is 10.0 Å². The zero-order valence-corrected chi connectivity index (χ0v) is 10.5. The van der Waals surface area contributed by atoms with Crippen LogP contribution < -0.4 is 4.90 Å². The van der Waals surface area contributed by atoms with Gasteiger partial charge in [-0.3, -0.25) is 9.59 Å². The van der Waals surface area contributed by atoms with Crippen LogP contribution in [-0.2, 0) is 16.0 Å². The molecule has 1 unspecified atom stereocenters. The molecule has 1 aromatic rings. The molecular weight excluding hydrogens is 242 g/mol. The Balaban J connectivity index is 2.05. The van der Waals surface area contributed by atoms with E-state index in [9.17, 15) is 9.59 Å². The monoisotopic (exact) mass is 257 g/mol. The molecule has 1 saturated heterocycles. The van der Waals surface area contributed by atoms with Crippen LogP contribution in [0, 0.1) is 18.3 Å². The Bertz CT molecular complexity index is 527. The number of carboxylic acid groups (broad SMARTS) is 1. The van der Waals surface area contributed by atoms with Gasteiger partial charge in [0.25, 0.3) is 0 Å². The third-order valence-corrected chi connectivity index (χ3v) is 3.24. The van der Waals surface area contributed by atoms with Gasteiger partial charge in [-0.05, 0) is 24.1 Å². The summed E-state index contributed by atoms with van der Waals surface area (Å²) in [5, 5.41) is 8.62. The van der Waals surface area contributed by atoms with Crippen molar-refractivity contribution in [2.45, 2.75) is 19.3 Å². The number of carbonyl (C=O) groups is 2. The zero-order chi connectivity index (χ0) is 13.8. The van der Waals surface area contributed by atoms with Crippen molar-refractivity contribution in [1.82, 2.24) is 0 Å². The topological polar surface area (TPSA) is 57.6 Å². The van der Waals surface area contributed by atoms with Gasteiger partial charge in [0.05, 0.1) is 0 Å². The summed E-state index contributed by atoms with van der Waals surface area (Å²) in [5.41, 5.74) is 1.77. The first-order valence-electron chi connectivity index (χ1n) is 6.17. The zero-order valence-electron chi connectivity index (χ0n) is 10.5. The van der Waals surface area contributed by atoms with Crippen LogP contribution in [0.4, 0.5) is 5.69 Å². The Morgan fingerprint density at radius 1 is 1.42 bits per heavy atom. The number of amides is 1. The maximum absolute atomic E-state index is 11.8. The molecule has 19 heavy (non-hydrogen) atoms. The number of aliphatic carboxylic acids is 1. The minimum Gasteiger partial charge on any atom is -0.481 e. The van der Waals surface area contributed by atoms with E-state index in [-0.39, 0.29) is 18.2 Å². The third kappa shape index (κ3) is 3.14. The summed E-state index contributed by atoms with van der Waals surface area (Å²) in [6.07, 6.45) is 6.35. The van der Waals surface area contributed by atoms with E-state index < -0.39 is 5.97 Å². The summed E-state index contributed by atoms with van der Waals surface area (Å²) in [4.78, 5) is 24.0. The number of aryl methyl sites for hydroxylation is 1. The molecule has 98 valence electrons. The number of hydrogen-bond acceptors (Lipinski definition) is 2. The molecule has 1 fully saturated rings. The second-order valence-electron chi connectivity index (χ2n) is 4.63. The van der Waals surface area contributed by atoms with Crippen LogP contribution in [0.25, 0.3) is 0 Å². The number of anilines is 1. The maximum atomic E-state index is 11.8. The van der Waals surface area contributed by atoms with Crippen LogP contribution in [0.1, 0.15) is 18.4 Å². The molecule has 1 aromatic carbocycles. The number of nitrogens with zero attached hydrogens (tertiary/aromatic N) is 1. The van der Waals surface area contributed by atoms with Crippen molar-refractivity contribution in [3.05, 3.63) is 29.8 Å². The van der Waals surface area contributed by atoms with Gasteiger partial charge in [0.2, 0.25) is 5.91 Å². The fourth-order valence-electron chi connectivity index (χ4n) is 2.16. The molecule has 1 aliphatic rings. The van der Waals surface area contributed by atoms with Crippen molar-refractivity contribution in [2.24, 2.45) is 5.92 Å². The fourth-order valence-corrected chi connectivity index (χ4v) is 2.16. The van der Waals surface area contributed by atoms with Gasteiger partial charge >= 0.3 is 5.97 Å². The summed E-state index contributed by atoms with van der Waals surface area (Å²) in [6.45, 7) is 0.559. The fraction of sp³-hybridized carbons (Fsp3) is 0.333. The number of rotatable bonds is 4. The lowest BCUT2D eigenvalue weighted by atomic mass is 10.1. The lowest BCUT2D eigenvalue weighted by Gasteiger charge is -2.16. The Labute approximate surface area is 112 Å². The van der Waals surface area contributed by atoms with E-state index in [2.05, 4.69) is 5.92 Å². The molecule has 0 saturated carbocycles. The molecule has 0 bridgehead atoms. The third-order valence-electron chi connectivity index (χ3n) is 3.24. The van der Waals surface area contributed by atoms with E-state index in [1.165, 1.54) is 0 Å². The second-order valence-corrected chi connectivity index (χ2v) is 4.63. The maximum Gasteiger partial charge on any atom is 0.303 e. The highest BCUT2D eigenvalue weighted by molar-refractivity contribution is 5.96. The lowest BCUT2D eigenvalue weighted by Crippen LogP contribution is -2.24. The molecule has 1 heterocycles. The minimum atomic E-state index is -0.810. The average molecular weight is 257 g/mol. The van der Waals surface area contributed by atoms with Gasteiger partial charge in [-0.2, -0.15) is 0 Å². The molecule has 1 aliphatic heterocycles. The van der Waals surface area contributed by atoms with Gasteiger partial charge in [-0.15, -0.1) is 12.3 Å². The molecule has 4 nitrogen and oxygen atoms in total. The van der Waals surface area contributed by atoms with E-state index in [1.54, 1.807) is 4.90 Å². The van der Waals surface area contributed by atoms with Crippen molar-refractivity contribution >= 4 is 17.6 Å². The van der Waals surface area contributed by atoms with Gasteiger partial charge in [-0.25, -0.2) is 0 Å². The Morgan fingerprint density at radius 2 is 2.11 bits per heavy atom. The van der Waals surface area contributed by atoms with Crippen LogP contribution in [-0.4, -0.2) is 23.5 Å². The highest BCUT2D eigenvalue weighted by Gasteiger charge is 2.29. The predicted octanol–water partition coefficient (Wildman–Crippen LogP) is 1.69. The quantitative estimate of drug-likeness (QED) is 0.835. The summed E-state index contributed by atoms with van der Waals surface area (Å²) < 4.78 is 0. The lowest BCUT2D eigenvalue weighted by molar-refractivity contribution is -0.137. The number of benzene rings is 1. The summed E-state index contributed by atoms with van der Waals surface area (Å²) >= 11 is 0. The molecule has 1 N–H and O–H groups in total. The SMILES string of the molecule is C#CC1CC(=O)N(c2ccc(CCC(=O)O)cc2)C1. The highest BCUT2D eigenvalue weighted by atomic mass is 16.4. The van der Waals surface area contributed by atoms with Crippen LogP contribution in [0.3, 0.4) is 0 Å². The second kappa shape index (κ2) is 5.57. The highest BCUT2D eigenvalue weighted by Crippen LogP contribution is 2.25. The van der Waals surface area contributed by atoms with Crippen LogP contribution in [0.2, 0.25) is 0 Å². The molecule has 1 amide bonds. The van der Waals surface area contributed by atoms with Crippen LogP contribution >= 0.6 is 0 Å². The molecule has 0 aliphatic carbocycles. The van der Waals surface area contributed by atoms with Crippen LogP contribution in [0.5, 0.6) is 0 Å².